The van der Waals surface area contributed by atoms with Crippen molar-refractivity contribution >= 4 is 6.03 Å². The molecule has 28 heavy (non-hydrogen) atoms. The smallest absolute Gasteiger partial charge is 0.315 e. The molecule has 2 aromatic carbocycles. The van der Waals surface area contributed by atoms with Gasteiger partial charge in [0.2, 0.25) is 0 Å². The quantitative estimate of drug-likeness (QED) is 0.723. The maximum absolute atomic E-state index is 12.3. The van der Waals surface area contributed by atoms with Gasteiger partial charge in [0.1, 0.15) is 5.75 Å². The normalized spacial score (nSPS) is 15.4. The molecule has 1 saturated carbocycles. The summed E-state index contributed by atoms with van der Waals surface area (Å²) in [6.45, 7) is 0.996. The van der Waals surface area contributed by atoms with Crippen molar-refractivity contribution in [1.82, 2.24) is 15.5 Å². The van der Waals surface area contributed by atoms with E-state index in [1.54, 1.807) is 0 Å². The lowest BCUT2D eigenvalue weighted by molar-refractivity contribution is 0.207. The summed E-state index contributed by atoms with van der Waals surface area (Å²) in [7, 11) is 4.04. The van der Waals surface area contributed by atoms with Crippen molar-refractivity contribution in [3.05, 3.63) is 65.7 Å². The number of rotatable bonds is 8. The van der Waals surface area contributed by atoms with Crippen molar-refractivity contribution in [1.29, 1.82) is 0 Å². The van der Waals surface area contributed by atoms with E-state index in [9.17, 15) is 4.79 Å². The summed E-state index contributed by atoms with van der Waals surface area (Å²) in [5.41, 5.74) is 2.19. The molecule has 1 aliphatic carbocycles. The number of carbonyl (C=O) groups is 1. The van der Waals surface area contributed by atoms with Gasteiger partial charge in [-0.1, -0.05) is 48.5 Å². The van der Waals surface area contributed by atoms with Crippen LogP contribution < -0.4 is 15.4 Å². The predicted octanol–water partition coefficient (Wildman–Crippen LogP) is 4.11. The number of para-hydroxylation sites is 1. The van der Waals surface area contributed by atoms with Crippen LogP contribution >= 0.6 is 0 Å². The van der Waals surface area contributed by atoms with Crippen LogP contribution in [0.25, 0.3) is 0 Å². The summed E-state index contributed by atoms with van der Waals surface area (Å²) in [5, 5.41) is 5.95. The van der Waals surface area contributed by atoms with Gasteiger partial charge in [-0.15, -0.1) is 0 Å². The van der Waals surface area contributed by atoms with Crippen LogP contribution in [0.15, 0.2) is 54.6 Å². The first kappa shape index (κ1) is 20.2. The lowest BCUT2D eigenvalue weighted by atomic mass is 10.1. The van der Waals surface area contributed by atoms with Gasteiger partial charge < -0.3 is 20.3 Å². The number of ether oxygens (including phenoxy) is 1. The number of carbonyl (C=O) groups excluding carboxylic acids is 1. The fraction of sp³-hybridized carbons (Fsp3) is 0.435. The van der Waals surface area contributed by atoms with Gasteiger partial charge in [0, 0.05) is 18.7 Å². The molecule has 5 heteroatoms. The van der Waals surface area contributed by atoms with Gasteiger partial charge in [-0.25, -0.2) is 4.79 Å². The minimum atomic E-state index is -0.168. The maximum Gasteiger partial charge on any atom is 0.315 e. The number of amides is 2. The standard InChI is InChI=1S/C23H31N3O2/c1-26(2)21(18-10-4-3-5-11-18)17-25-23(27)24-16-19-12-6-9-15-22(19)28-20-13-7-8-14-20/h3-6,9-12,15,20-21H,7-8,13-14,16-17H2,1-2H3,(H2,24,25,27). The Bertz CT molecular complexity index is 743. The van der Waals surface area contributed by atoms with Gasteiger partial charge in [-0.2, -0.15) is 0 Å². The lowest BCUT2D eigenvalue weighted by Crippen LogP contribution is -2.40. The first-order valence-electron chi connectivity index (χ1n) is 10.1. The Balaban J connectivity index is 1.51. The van der Waals surface area contributed by atoms with E-state index in [0.717, 1.165) is 24.2 Å². The number of benzene rings is 2. The largest absolute Gasteiger partial charge is 0.490 e. The molecule has 3 rings (SSSR count). The van der Waals surface area contributed by atoms with E-state index in [2.05, 4.69) is 27.7 Å². The summed E-state index contributed by atoms with van der Waals surface area (Å²) in [6, 6.07) is 18.1. The number of hydrogen-bond acceptors (Lipinski definition) is 3. The predicted molar refractivity (Wildman–Crippen MR) is 112 cm³/mol. The average molecular weight is 382 g/mol. The summed E-state index contributed by atoms with van der Waals surface area (Å²) in [5.74, 6) is 0.880. The highest BCUT2D eigenvalue weighted by molar-refractivity contribution is 5.74. The molecule has 1 aliphatic rings. The molecule has 1 fully saturated rings. The second kappa shape index (κ2) is 10.1. The van der Waals surface area contributed by atoms with Crippen LogP contribution in [0.3, 0.4) is 0 Å². The molecule has 0 bridgehead atoms. The molecule has 2 amide bonds. The third-order valence-electron chi connectivity index (χ3n) is 5.27. The molecule has 150 valence electrons. The van der Waals surface area contributed by atoms with Gasteiger partial charge in [0.05, 0.1) is 12.1 Å². The SMILES string of the molecule is CN(C)C(CNC(=O)NCc1ccccc1OC1CCCC1)c1ccccc1. The molecule has 0 heterocycles. The number of nitrogens with zero attached hydrogens (tertiary/aromatic N) is 1. The average Bonchev–Trinajstić information content (AvgIpc) is 3.21. The number of nitrogens with one attached hydrogen (secondary N) is 2. The summed E-state index contributed by atoms with van der Waals surface area (Å²) < 4.78 is 6.15. The van der Waals surface area contributed by atoms with Crippen LogP contribution in [0.4, 0.5) is 4.79 Å². The van der Waals surface area contributed by atoms with Crippen molar-refractivity contribution < 1.29 is 9.53 Å². The highest BCUT2D eigenvalue weighted by Crippen LogP contribution is 2.26. The Labute approximate surface area is 168 Å². The molecule has 1 unspecified atom stereocenters. The third-order valence-corrected chi connectivity index (χ3v) is 5.27. The number of hydrogen-bond donors (Lipinski definition) is 2. The number of urea groups is 1. The Kier molecular flexibility index (Phi) is 7.31. The minimum absolute atomic E-state index is 0.130. The summed E-state index contributed by atoms with van der Waals surface area (Å²) >= 11 is 0. The lowest BCUT2D eigenvalue weighted by Gasteiger charge is -2.25. The third kappa shape index (κ3) is 5.73. The highest BCUT2D eigenvalue weighted by atomic mass is 16.5. The van der Waals surface area contributed by atoms with Crippen molar-refractivity contribution in [2.75, 3.05) is 20.6 Å². The molecule has 2 N–H and O–H groups in total. The van der Waals surface area contributed by atoms with E-state index in [1.807, 2.05) is 56.6 Å². The Morgan fingerprint density at radius 3 is 2.43 bits per heavy atom. The van der Waals surface area contributed by atoms with Crippen LogP contribution in [-0.4, -0.2) is 37.7 Å². The highest BCUT2D eigenvalue weighted by Gasteiger charge is 2.18. The van der Waals surface area contributed by atoms with Crippen molar-refractivity contribution in [2.24, 2.45) is 0 Å². The second-order valence-corrected chi connectivity index (χ2v) is 7.59. The Hall–Kier alpha value is -2.53. The zero-order valence-electron chi connectivity index (χ0n) is 16.9. The maximum atomic E-state index is 12.3. The molecule has 0 radical (unpaired) electrons. The van der Waals surface area contributed by atoms with E-state index in [1.165, 1.54) is 18.4 Å². The van der Waals surface area contributed by atoms with E-state index in [4.69, 9.17) is 4.74 Å². The summed E-state index contributed by atoms with van der Waals surface area (Å²) in [4.78, 5) is 14.5. The topological polar surface area (TPSA) is 53.6 Å². The fourth-order valence-corrected chi connectivity index (χ4v) is 3.65. The van der Waals surface area contributed by atoms with E-state index in [-0.39, 0.29) is 12.1 Å². The molecule has 0 saturated heterocycles. The van der Waals surface area contributed by atoms with Crippen molar-refractivity contribution in [3.8, 4) is 5.75 Å². The van der Waals surface area contributed by atoms with Crippen molar-refractivity contribution in [3.63, 3.8) is 0 Å². The van der Waals surface area contributed by atoms with Crippen LogP contribution in [0, 0.1) is 0 Å². The summed E-state index contributed by atoms with van der Waals surface area (Å²) in [6.07, 6.45) is 5.02. The van der Waals surface area contributed by atoms with Gasteiger partial charge in [-0.3, -0.25) is 0 Å². The van der Waals surface area contributed by atoms with Gasteiger partial charge >= 0.3 is 6.03 Å². The molecular weight excluding hydrogens is 350 g/mol. The molecule has 0 aliphatic heterocycles. The molecule has 2 aromatic rings. The zero-order valence-corrected chi connectivity index (χ0v) is 16.9. The first-order chi connectivity index (χ1) is 13.6. The van der Waals surface area contributed by atoms with Crippen LogP contribution in [0.1, 0.15) is 42.9 Å². The Morgan fingerprint density at radius 1 is 1.04 bits per heavy atom. The van der Waals surface area contributed by atoms with Crippen LogP contribution in [0.5, 0.6) is 5.75 Å². The van der Waals surface area contributed by atoms with Crippen LogP contribution in [-0.2, 0) is 6.54 Å². The minimum Gasteiger partial charge on any atom is -0.490 e. The zero-order chi connectivity index (χ0) is 19.8. The van der Waals surface area contributed by atoms with E-state index >= 15 is 0 Å². The van der Waals surface area contributed by atoms with Gasteiger partial charge in [0.25, 0.3) is 0 Å². The molecular formula is C23H31N3O2. The monoisotopic (exact) mass is 381 g/mol. The number of likely N-dealkylation sites (N-methyl/N-ethyl adjacent to an activating group) is 1. The molecule has 0 aromatic heterocycles. The fourth-order valence-electron chi connectivity index (χ4n) is 3.65. The molecule has 1 atom stereocenters. The van der Waals surface area contributed by atoms with E-state index < -0.39 is 0 Å². The van der Waals surface area contributed by atoms with Crippen molar-refractivity contribution in [2.45, 2.75) is 44.4 Å². The second-order valence-electron chi connectivity index (χ2n) is 7.59. The van der Waals surface area contributed by atoms with Gasteiger partial charge in [0.15, 0.2) is 0 Å². The Morgan fingerprint density at radius 2 is 1.71 bits per heavy atom. The first-order valence-corrected chi connectivity index (χ1v) is 10.1. The van der Waals surface area contributed by atoms with Gasteiger partial charge in [-0.05, 0) is 51.4 Å². The molecule has 5 nitrogen and oxygen atoms in total. The molecule has 0 spiro atoms. The van der Waals surface area contributed by atoms with E-state index in [0.29, 0.717) is 19.2 Å². The van der Waals surface area contributed by atoms with Crippen LogP contribution in [0.2, 0.25) is 0 Å².